The van der Waals surface area contributed by atoms with E-state index in [2.05, 4.69) is 75.4 Å². The summed E-state index contributed by atoms with van der Waals surface area (Å²) in [6.45, 7) is 1.85. The number of aliphatic imine (C=N–C) groups is 1. The van der Waals surface area contributed by atoms with E-state index in [9.17, 15) is 9.59 Å². The van der Waals surface area contributed by atoms with Crippen molar-refractivity contribution in [2.75, 3.05) is 0 Å². The lowest BCUT2D eigenvalue weighted by Crippen LogP contribution is -2.11. The van der Waals surface area contributed by atoms with Crippen molar-refractivity contribution in [2.24, 2.45) is 4.99 Å². The van der Waals surface area contributed by atoms with E-state index in [0.29, 0.717) is 31.4 Å². The summed E-state index contributed by atoms with van der Waals surface area (Å²) in [6, 6.07) is 16.3. The second-order valence-electron chi connectivity index (χ2n) is 6.98. The van der Waals surface area contributed by atoms with Crippen molar-refractivity contribution in [3.63, 3.8) is 0 Å². The van der Waals surface area contributed by atoms with Crippen LogP contribution in [0.2, 0.25) is 0 Å². The summed E-state index contributed by atoms with van der Waals surface area (Å²) in [4.78, 5) is 29.3. The molecule has 0 amide bonds. The van der Waals surface area contributed by atoms with Crippen LogP contribution in [0, 0.1) is 10.5 Å². The van der Waals surface area contributed by atoms with Gasteiger partial charge in [-0.05, 0) is 131 Å². The molecule has 4 rings (SSSR count). The zero-order valence-corrected chi connectivity index (χ0v) is 23.8. The smallest absolute Gasteiger partial charge is 0.363 e. The summed E-state index contributed by atoms with van der Waals surface area (Å²) in [5, 5.41) is 0. The monoisotopic (exact) mass is 743 g/mol. The van der Waals surface area contributed by atoms with E-state index in [4.69, 9.17) is 9.47 Å². The van der Waals surface area contributed by atoms with Gasteiger partial charge >= 0.3 is 11.9 Å². The highest BCUT2D eigenvalue weighted by Crippen LogP contribution is 2.36. The highest BCUT2D eigenvalue weighted by atomic mass is 127. The fourth-order valence-corrected chi connectivity index (χ4v) is 5.13. The Hall–Kier alpha value is -1.82. The molecule has 1 aliphatic heterocycles. The number of hydrogen-bond donors (Lipinski definition) is 0. The van der Waals surface area contributed by atoms with Gasteiger partial charge in [0.1, 0.15) is 0 Å². The fourth-order valence-electron chi connectivity index (χ4n) is 3.03. The molecule has 5 nitrogen and oxygen atoms in total. The summed E-state index contributed by atoms with van der Waals surface area (Å²) in [5.74, 6) is -0.419. The number of carbonyl (C=O) groups excluding carboxylic acids is 2. The van der Waals surface area contributed by atoms with Gasteiger partial charge in [-0.25, -0.2) is 14.6 Å². The first-order valence-corrected chi connectivity index (χ1v) is 12.9. The number of aryl methyl sites for hydroxylation is 1. The van der Waals surface area contributed by atoms with E-state index in [1.165, 1.54) is 0 Å². The van der Waals surface area contributed by atoms with Crippen LogP contribution in [0.4, 0.5) is 0 Å². The predicted octanol–water partition coefficient (Wildman–Crippen LogP) is 7.45. The van der Waals surface area contributed by atoms with Crippen molar-refractivity contribution < 1.29 is 19.1 Å². The quantitative estimate of drug-likeness (QED) is 0.121. The van der Waals surface area contributed by atoms with Gasteiger partial charge in [0.05, 0.1) is 14.5 Å². The Bertz CT molecular complexity index is 1340. The third-order valence-corrected chi connectivity index (χ3v) is 8.19. The third kappa shape index (κ3) is 5.47. The summed E-state index contributed by atoms with van der Waals surface area (Å²) < 4.78 is 14.0. The topological polar surface area (TPSA) is 65.0 Å². The van der Waals surface area contributed by atoms with Gasteiger partial charge in [0, 0.05) is 13.6 Å². The molecule has 0 aliphatic carbocycles. The van der Waals surface area contributed by atoms with E-state index in [-0.39, 0.29) is 11.6 Å². The molecule has 0 fully saturated rings. The molecule has 0 aromatic heterocycles. The van der Waals surface area contributed by atoms with Gasteiger partial charge in [0.2, 0.25) is 5.90 Å². The van der Waals surface area contributed by atoms with Crippen LogP contribution in [0.25, 0.3) is 6.08 Å². The van der Waals surface area contributed by atoms with Crippen LogP contribution < -0.4 is 4.74 Å². The molecule has 9 heteroatoms. The average molecular weight is 746 g/mol. The minimum absolute atomic E-state index is 0.170. The van der Waals surface area contributed by atoms with Gasteiger partial charge < -0.3 is 9.47 Å². The van der Waals surface area contributed by atoms with Gasteiger partial charge in [-0.1, -0.05) is 18.2 Å². The molecule has 0 bridgehead atoms. The average Bonchev–Trinajstić information content (AvgIpc) is 3.13. The molecular weight excluding hydrogens is 733 g/mol. The van der Waals surface area contributed by atoms with Crippen molar-refractivity contribution >= 4 is 94.3 Å². The molecule has 0 spiro atoms. The summed E-state index contributed by atoms with van der Waals surface area (Å²) in [5.41, 5.74) is 2.85. The zero-order chi connectivity index (χ0) is 23.7. The van der Waals surface area contributed by atoms with Crippen molar-refractivity contribution in [1.29, 1.82) is 0 Å². The van der Waals surface area contributed by atoms with Crippen LogP contribution >= 0.6 is 70.4 Å². The standard InChI is InChI=1S/C24H13Br3INO4/c1-12-4-2-3-5-15(12)23(30)32-21-17(26)8-13(9-18(21)27)10-20-24(31)33-22(29-20)14-6-7-19(28)16(25)11-14/h2-11H,1H3/b20-10-. The molecule has 3 aromatic rings. The molecule has 3 aromatic carbocycles. The van der Waals surface area contributed by atoms with Gasteiger partial charge in [-0.15, -0.1) is 0 Å². The molecule has 0 saturated carbocycles. The summed E-state index contributed by atoms with van der Waals surface area (Å²) >= 11 is 12.6. The number of halogens is 4. The Morgan fingerprint density at radius 2 is 1.73 bits per heavy atom. The third-order valence-electron chi connectivity index (χ3n) is 4.67. The fraction of sp³-hybridized carbons (Fsp3) is 0.0417. The number of rotatable bonds is 4. The van der Waals surface area contributed by atoms with Crippen LogP contribution in [-0.4, -0.2) is 17.8 Å². The van der Waals surface area contributed by atoms with Crippen LogP contribution in [0.15, 0.2) is 78.7 Å². The van der Waals surface area contributed by atoms with Crippen LogP contribution in [-0.2, 0) is 9.53 Å². The maximum absolute atomic E-state index is 12.6. The van der Waals surface area contributed by atoms with Gasteiger partial charge in [0.15, 0.2) is 11.4 Å². The van der Waals surface area contributed by atoms with Crippen molar-refractivity contribution in [2.45, 2.75) is 6.92 Å². The highest BCUT2D eigenvalue weighted by Gasteiger charge is 2.25. The maximum Gasteiger partial charge on any atom is 0.363 e. The molecule has 33 heavy (non-hydrogen) atoms. The molecule has 0 N–H and O–H groups in total. The SMILES string of the molecule is Cc1ccccc1C(=O)Oc1c(Br)cc(/C=C2\N=C(c3ccc(I)c(Br)c3)OC2=O)cc1Br. The van der Waals surface area contributed by atoms with E-state index in [1.54, 1.807) is 30.3 Å². The van der Waals surface area contributed by atoms with E-state index in [1.807, 2.05) is 37.3 Å². The van der Waals surface area contributed by atoms with E-state index < -0.39 is 11.9 Å². The number of benzene rings is 3. The number of hydrogen-bond acceptors (Lipinski definition) is 5. The Morgan fingerprint density at radius 3 is 2.39 bits per heavy atom. The highest BCUT2D eigenvalue weighted by molar-refractivity contribution is 14.1. The number of carbonyl (C=O) groups is 2. The molecule has 0 radical (unpaired) electrons. The molecule has 0 unspecified atom stereocenters. The number of nitrogens with zero attached hydrogens (tertiary/aromatic N) is 1. The first-order chi connectivity index (χ1) is 15.7. The minimum atomic E-state index is -0.540. The summed E-state index contributed by atoms with van der Waals surface area (Å²) in [7, 11) is 0. The first-order valence-electron chi connectivity index (χ1n) is 9.48. The van der Waals surface area contributed by atoms with Gasteiger partial charge in [-0.2, -0.15) is 0 Å². The first kappa shape index (κ1) is 24.3. The van der Waals surface area contributed by atoms with Gasteiger partial charge in [-0.3, -0.25) is 0 Å². The van der Waals surface area contributed by atoms with Crippen molar-refractivity contribution in [1.82, 2.24) is 0 Å². The van der Waals surface area contributed by atoms with E-state index >= 15 is 0 Å². The Balaban J connectivity index is 1.60. The molecule has 1 aliphatic rings. The molecule has 1 heterocycles. The largest absolute Gasteiger partial charge is 0.420 e. The Labute approximate surface area is 228 Å². The Morgan fingerprint density at radius 1 is 1.03 bits per heavy atom. The zero-order valence-electron chi connectivity index (χ0n) is 16.9. The number of esters is 2. The maximum atomic E-state index is 12.6. The second kappa shape index (κ2) is 10.2. The number of ether oxygens (including phenoxy) is 2. The molecule has 0 atom stereocenters. The van der Waals surface area contributed by atoms with Crippen LogP contribution in [0.3, 0.4) is 0 Å². The lowest BCUT2D eigenvalue weighted by atomic mass is 10.1. The lowest BCUT2D eigenvalue weighted by molar-refractivity contribution is -0.129. The van der Waals surface area contributed by atoms with Crippen LogP contribution in [0.1, 0.15) is 27.0 Å². The normalized spacial score (nSPS) is 14.3. The lowest BCUT2D eigenvalue weighted by Gasteiger charge is -2.11. The van der Waals surface area contributed by atoms with Crippen molar-refractivity contribution in [3.8, 4) is 5.75 Å². The molecule has 0 saturated heterocycles. The van der Waals surface area contributed by atoms with Gasteiger partial charge in [0.25, 0.3) is 0 Å². The van der Waals surface area contributed by atoms with E-state index in [0.717, 1.165) is 13.6 Å². The molecule has 166 valence electrons. The molecular formula is C24H13Br3INO4. The second-order valence-corrected chi connectivity index (χ2v) is 10.7. The minimum Gasteiger partial charge on any atom is -0.420 e. The predicted molar refractivity (Wildman–Crippen MR) is 145 cm³/mol. The van der Waals surface area contributed by atoms with Crippen LogP contribution in [0.5, 0.6) is 5.75 Å². The Kier molecular flexibility index (Phi) is 7.52. The summed E-state index contributed by atoms with van der Waals surface area (Å²) in [6.07, 6.45) is 1.61. The number of cyclic esters (lactones) is 1. The van der Waals surface area contributed by atoms with Crippen molar-refractivity contribution in [3.05, 3.63) is 99.5 Å².